The van der Waals surface area contributed by atoms with Gasteiger partial charge in [-0.3, -0.25) is 14.9 Å². The molecule has 0 aliphatic rings. The van der Waals surface area contributed by atoms with Gasteiger partial charge in [0.1, 0.15) is 0 Å². The molecule has 0 spiro atoms. The predicted molar refractivity (Wildman–Crippen MR) is 51.4 cm³/mol. The van der Waals surface area contributed by atoms with Crippen LogP contribution in [0.15, 0.2) is 24.3 Å². The Morgan fingerprint density at radius 2 is 2.17 bits per heavy atom. The Morgan fingerprint density at radius 1 is 1.50 bits per heavy atom. The second-order valence-corrected chi connectivity index (χ2v) is 3.06. The van der Waals surface area contributed by atoms with E-state index in [1.54, 1.807) is 28.7 Å². The number of nitro benzene ring substituents is 1. The number of hydrogen-bond donors (Lipinski definition) is 0. The van der Waals surface area contributed by atoms with E-state index < -0.39 is 4.92 Å². The fourth-order valence-electron chi connectivity index (χ4n) is 0.742. The summed E-state index contributed by atoms with van der Waals surface area (Å²) in [5.41, 5.74) is 0.294. The standard InChI is InChI=1S/C7H4INO3/c8-7(10)5-2-1-3-6(4-5)9(11)12/h1-4H. The van der Waals surface area contributed by atoms with Gasteiger partial charge in [-0.05, 0) is 0 Å². The lowest BCUT2D eigenvalue weighted by Crippen LogP contribution is -1.91. The highest BCUT2D eigenvalue weighted by molar-refractivity contribution is 14.1. The first-order chi connectivity index (χ1) is 5.61. The molecule has 62 valence electrons. The third-order valence-electron chi connectivity index (χ3n) is 1.28. The van der Waals surface area contributed by atoms with E-state index in [4.69, 9.17) is 0 Å². The summed E-state index contributed by atoms with van der Waals surface area (Å²) in [6.45, 7) is 0. The number of halogens is 1. The van der Waals surface area contributed by atoms with Gasteiger partial charge in [-0.15, -0.1) is 0 Å². The topological polar surface area (TPSA) is 60.2 Å². The van der Waals surface area contributed by atoms with Crippen LogP contribution >= 0.6 is 22.6 Å². The fraction of sp³-hybridized carbons (Fsp3) is 0. The van der Waals surface area contributed by atoms with Crippen molar-refractivity contribution in [2.75, 3.05) is 0 Å². The zero-order valence-corrected chi connectivity index (χ0v) is 8.02. The zero-order valence-electron chi connectivity index (χ0n) is 5.86. The monoisotopic (exact) mass is 277 g/mol. The average molecular weight is 277 g/mol. The molecule has 0 aliphatic heterocycles. The lowest BCUT2D eigenvalue weighted by molar-refractivity contribution is -0.384. The Bertz CT molecular complexity index is 308. The smallest absolute Gasteiger partial charge is 0.270 e. The third kappa shape index (κ3) is 2.00. The molecule has 0 saturated heterocycles. The normalized spacial score (nSPS) is 9.42. The van der Waals surface area contributed by atoms with Crippen molar-refractivity contribution in [3.63, 3.8) is 0 Å². The van der Waals surface area contributed by atoms with Crippen LogP contribution < -0.4 is 0 Å². The molecule has 0 aromatic heterocycles. The molecule has 0 amide bonds. The second kappa shape index (κ2) is 3.61. The SMILES string of the molecule is O=C(I)c1cccc([N+](=O)[O-])c1. The van der Waals surface area contributed by atoms with Crippen LogP contribution in [-0.4, -0.2) is 8.71 Å². The highest BCUT2D eigenvalue weighted by Crippen LogP contribution is 2.15. The van der Waals surface area contributed by atoms with Gasteiger partial charge in [0, 0.05) is 40.3 Å². The maximum absolute atomic E-state index is 10.8. The lowest BCUT2D eigenvalue weighted by Gasteiger charge is -1.92. The molecule has 0 fully saturated rings. The summed E-state index contributed by atoms with van der Waals surface area (Å²) in [4.78, 5) is 20.5. The van der Waals surface area contributed by atoms with Gasteiger partial charge < -0.3 is 0 Å². The van der Waals surface area contributed by atoms with Crippen LogP contribution in [0.4, 0.5) is 5.69 Å². The molecule has 0 bridgehead atoms. The molecule has 0 saturated carbocycles. The van der Waals surface area contributed by atoms with Gasteiger partial charge in [0.15, 0.2) is 0 Å². The molecule has 0 aliphatic carbocycles. The van der Waals surface area contributed by atoms with Gasteiger partial charge in [0.25, 0.3) is 5.69 Å². The van der Waals surface area contributed by atoms with Crippen molar-refractivity contribution < 1.29 is 9.72 Å². The molecular formula is C7H4INO3. The van der Waals surface area contributed by atoms with E-state index in [1.807, 2.05) is 0 Å². The Kier molecular flexibility index (Phi) is 2.74. The molecule has 0 N–H and O–H groups in total. The summed E-state index contributed by atoms with van der Waals surface area (Å²) in [5.74, 6) is 0. The lowest BCUT2D eigenvalue weighted by atomic mass is 10.2. The number of carbonyl (C=O) groups excluding carboxylic acids is 1. The molecule has 5 heteroatoms. The molecule has 1 aromatic carbocycles. The summed E-state index contributed by atoms with van der Waals surface area (Å²) in [7, 11) is 0. The summed E-state index contributed by atoms with van der Waals surface area (Å²) in [6, 6.07) is 5.64. The van der Waals surface area contributed by atoms with Crippen molar-refractivity contribution in [1.82, 2.24) is 0 Å². The van der Waals surface area contributed by atoms with Crippen molar-refractivity contribution in [2.45, 2.75) is 0 Å². The van der Waals surface area contributed by atoms with Gasteiger partial charge in [-0.25, -0.2) is 0 Å². The summed E-state index contributed by atoms with van der Waals surface area (Å²) >= 11 is 1.59. The summed E-state index contributed by atoms with van der Waals surface area (Å²) in [6.07, 6.45) is 0. The van der Waals surface area contributed by atoms with Crippen molar-refractivity contribution in [3.05, 3.63) is 39.9 Å². The van der Waals surface area contributed by atoms with E-state index >= 15 is 0 Å². The van der Waals surface area contributed by atoms with Gasteiger partial charge in [-0.1, -0.05) is 12.1 Å². The van der Waals surface area contributed by atoms with Crippen molar-refractivity contribution in [2.24, 2.45) is 0 Å². The third-order valence-corrected chi connectivity index (χ3v) is 1.91. The Morgan fingerprint density at radius 3 is 2.67 bits per heavy atom. The maximum atomic E-state index is 10.8. The molecule has 0 radical (unpaired) electrons. The number of rotatable bonds is 2. The molecular weight excluding hydrogens is 273 g/mol. The first kappa shape index (κ1) is 9.11. The van der Waals surface area contributed by atoms with Crippen LogP contribution in [0.3, 0.4) is 0 Å². The summed E-state index contributed by atoms with van der Waals surface area (Å²) in [5, 5.41) is 10.3. The molecule has 1 rings (SSSR count). The van der Waals surface area contributed by atoms with Crippen LogP contribution in [0.25, 0.3) is 0 Å². The Hall–Kier alpha value is -0.980. The van der Waals surface area contributed by atoms with Gasteiger partial charge >= 0.3 is 0 Å². The minimum atomic E-state index is -0.525. The molecule has 12 heavy (non-hydrogen) atoms. The van der Waals surface area contributed by atoms with E-state index in [0.717, 1.165) is 0 Å². The maximum Gasteiger partial charge on any atom is 0.270 e. The largest absolute Gasteiger partial charge is 0.282 e. The number of carbonyl (C=O) groups is 1. The number of hydrogen-bond acceptors (Lipinski definition) is 3. The van der Waals surface area contributed by atoms with Crippen molar-refractivity contribution in [3.8, 4) is 0 Å². The Balaban J connectivity index is 3.12. The molecule has 0 atom stereocenters. The quantitative estimate of drug-likeness (QED) is 0.360. The van der Waals surface area contributed by atoms with Gasteiger partial charge in [0.2, 0.25) is 3.79 Å². The minimum absolute atomic E-state index is 0.0579. The first-order valence-corrected chi connectivity index (χ1v) is 4.13. The van der Waals surface area contributed by atoms with E-state index in [1.165, 1.54) is 18.2 Å². The van der Waals surface area contributed by atoms with E-state index in [2.05, 4.69) is 0 Å². The first-order valence-electron chi connectivity index (χ1n) is 3.05. The molecule has 1 aromatic rings. The van der Waals surface area contributed by atoms with E-state index in [-0.39, 0.29) is 9.48 Å². The number of nitro groups is 1. The number of benzene rings is 1. The molecule has 4 nitrogen and oxygen atoms in total. The average Bonchev–Trinajstić information content (AvgIpc) is 2.04. The zero-order chi connectivity index (χ0) is 9.14. The Labute approximate surface area is 81.9 Å². The van der Waals surface area contributed by atoms with E-state index in [0.29, 0.717) is 5.56 Å². The highest BCUT2D eigenvalue weighted by Gasteiger charge is 2.08. The fourth-order valence-corrected chi connectivity index (χ4v) is 1.08. The molecule has 0 unspecified atom stereocenters. The van der Waals surface area contributed by atoms with Gasteiger partial charge in [0.05, 0.1) is 4.92 Å². The number of nitrogens with zero attached hydrogens (tertiary/aromatic N) is 1. The van der Waals surface area contributed by atoms with E-state index in [9.17, 15) is 14.9 Å². The van der Waals surface area contributed by atoms with Gasteiger partial charge in [-0.2, -0.15) is 0 Å². The van der Waals surface area contributed by atoms with Crippen LogP contribution in [0.2, 0.25) is 0 Å². The van der Waals surface area contributed by atoms with Crippen LogP contribution in [0.5, 0.6) is 0 Å². The van der Waals surface area contributed by atoms with Crippen molar-refractivity contribution in [1.29, 1.82) is 0 Å². The highest BCUT2D eigenvalue weighted by atomic mass is 127. The number of non-ortho nitro benzene ring substituents is 1. The van der Waals surface area contributed by atoms with Crippen molar-refractivity contribution >= 4 is 32.1 Å². The predicted octanol–water partition coefficient (Wildman–Crippen LogP) is 2.17. The van der Waals surface area contributed by atoms with Crippen LogP contribution in [-0.2, 0) is 0 Å². The minimum Gasteiger partial charge on any atom is -0.282 e. The second-order valence-electron chi connectivity index (χ2n) is 2.08. The summed E-state index contributed by atoms with van der Waals surface area (Å²) < 4.78 is -0.198. The van der Waals surface area contributed by atoms with Crippen LogP contribution in [0.1, 0.15) is 10.4 Å². The molecule has 0 heterocycles. The van der Waals surface area contributed by atoms with Crippen LogP contribution in [0, 0.1) is 10.1 Å².